The molecule has 0 bridgehead atoms. The van der Waals surface area contributed by atoms with Gasteiger partial charge in [0.05, 0.1) is 0 Å². The van der Waals surface area contributed by atoms with Gasteiger partial charge in [-0.3, -0.25) is 0 Å². The molecule has 0 spiro atoms. The third-order valence-corrected chi connectivity index (χ3v) is 7.12. The minimum absolute atomic E-state index is 0.267. The Hall–Kier alpha value is -1.90. The molecule has 0 saturated carbocycles. The number of piperazine rings is 1. The van der Waals surface area contributed by atoms with E-state index in [1.54, 1.807) is 36.4 Å². The predicted octanol–water partition coefficient (Wildman–Crippen LogP) is 2.56. The first-order valence-electron chi connectivity index (χ1n) is 7.55. The molecule has 0 unspecified atom stereocenters. The molecule has 1 aliphatic heterocycles. The van der Waals surface area contributed by atoms with Gasteiger partial charge in [0, 0.05) is 31.1 Å². The van der Waals surface area contributed by atoms with Crippen LogP contribution in [0.4, 0.5) is 4.79 Å². The molecule has 0 radical (unpaired) electrons. The molecule has 0 aliphatic carbocycles. The van der Waals surface area contributed by atoms with Crippen LogP contribution in [0.25, 0.3) is 0 Å². The van der Waals surface area contributed by atoms with Gasteiger partial charge in [-0.1, -0.05) is 18.2 Å². The molecule has 2 heterocycles. The van der Waals surface area contributed by atoms with Crippen LogP contribution in [0.1, 0.15) is 4.88 Å². The highest BCUT2D eigenvalue weighted by molar-refractivity contribution is 7.91. The molecule has 24 heavy (non-hydrogen) atoms. The zero-order valence-corrected chi connectivity index (χ0v) is 14.8. The van der Waals surface area contributed by atoms with Crippen molar-refractivity contribution >= 4 is 27.5 Å². The van der Waals surface area contributed by atoms with E-state index in [4.69, 9.17) is 4.74 Å². The van der Waals surface area contributed by atoms with E-state index in [0.29, 0.717) is 23.0 Å². The van der Waals surface area contributed by atoms with Crippen molar-refractivity contribution in [2.45, 2.75) is 11.1 Å². The van der Waals surface area contributed by atoms with E-state index in [1.807, 2.05) is 13.0 Å². The normalized spacial score (nSPS) is 16.1. The van der Waals surface area contributed by atoms with E-state index in [0.717, 1.165) is 4.88 Å². The van der Waals surface area contributed by atoms with Crippen LogP contribution in [-0.2, 0) is 10.0 Å². The molecule has 0 atom stereocenters. The van der Waals surface area contributed by atoms with Crippen LogP contribution >= 0.6 is 11.3 Å². The van der Waals surface area contributed by atoms with Crippen LogP contribution in [0.2, 0.25) is 0 Å². The number of rotatable bonds is 3. The van der Waals surface area contributed by atoms with Gasteiger partial charge in [-0.05, 0) is 31.2 Å². The van der Waals surface area contributed by atoms with Crippen molar-refractivity contribution in [1.82, 2.24) is 9.21 Å². The van der Waals surface area contributed by atoms with Crippen LogP contribution in [0.5, 0.6) is 5.75 Å². The Balaban J connectivity index is 1.60. The number of sulfonamides is 1. The second-order valence-electron chi connectivity index (χ2n) is 5.44. The van der Waals surface area contributed by atoms with Crippen molar-refractivity contribution in [2.24, 2.45) is 0 Å². The second kappa shape index (κ2) is 6.92. The third kappa shape index (κ3) is 3.61. The summed E-state index contributed by atoms with van der Waals surface area (Å²) in [5, 5.41) is 0. The van der Waals surface area contributed by atoms with Crippen LogP contribution in [0.3, 0.4) is 0 Å². The van der Waals surface area contributed by atoms with Gasteiger partial charge in [-0.25, -0.2) is 13.2 Å². The number of carbonyl (C=O) groups is 1. The highest BCUT2D eigenvalue weighted by Gasteiger charge is 2.31. The highest BCUT2D eigenvalue weighted by Crippen LogP contribution is 2.25. The Bertz CT molecular complexity index is 810. The standard InChI is InChI=1S/C16H18N2O4S2/c1-13-7-8-15(23-13)24(20,21)18-11-9-17(10-12-18)16(19)22-14-5-3-2-4-6-14/h2-8H,9-12H2,1H3. The second-order valence-corrected chi connectivity index (χ2v) is 8.89. The molecule has 1 amide bonds. The van der Waals surface area contributed by atoms with Crippen LogP contribution in [0.15, 0.2) is 46.7 Å². The number of aryl methyl sites for hydroxylation is 1. The maximum Gasteiger partial charge on any atom is 0.415 e. The van der Waals surface area contributed by atoms with Crippen molar-refractivity contribution in [3.63, 3.8) is 0 Å². The Labute approximate surface area is 145 Å². The van der Waals surface area contributed by atoms with E-state index in [9.17, 15) is 13.2 Å². The molecule has 2 aromatic rings. The summed E-state index contributed by atoms with van der Waals surface area (Å²) in [5.41, 5.74) is 0. The number of carbonyl (C=O) groups excluding carboxylic acids is 1. The maximum absolute atomic E-state index is 12.6. The number of hydrogen-bond donors (Lipinski definition) is 0. The Morgan fingerprint density at radius 2 is 1.71 bits per heavy atom. The first-order chi connectivity index (χ1) is 11.5. The zero-order valence-electron chi connectivity index (χ0n) is 13.2. The van der Waals surface area contributed by atoms with Crippen molar-refractivity contribution in [1.29, 1.82) is 0 Å². The van der Waals surface area contributed by atoms with Gasteiger partial charge in [0.15, 0.2) is 0 Å². The summed E-state index contributed by atoms with van der Waals surface area (Å²) >= 11 is 1.26. The minimum atomic E-state index is -3.48. The smallest absolute Gasteiger partial charge is 0.410 e. The lowest BCUT2D eigenvalue weighted by atomic mass is 10.3. The molecule has 3 rings (SSSR count). The van der Waals surface area contributed by atoms with Crippen molar-refractivity contribution < 1.29 is 17.9 Å². The van der Waals surface area contributed by atoms with Crippen LogP contribution in [0, 0.1) is 6.92 Å². The highest BCUT2D eigenvalue weighted by atomic mass is 32.2. The van der Waals surface area contributed by atoms with Crippen LogP contribution in [-0.4, -0.2) is 49.9 Å². The lowest BCUT2D eigenvalue weighted by Gasteiger charge is -2.32. The third-order valence-electron chi connectivity index (χ3n) is 3.76. The summed E-state index contributed by atoms with van der Waals surface area (Å²) in [6.45, 7) is 3.04. The Morgan fingerprint density at radius 3 is 2.29 bits per heavy atom. The van der Waals surface area contributed by atoms with Crippen molar-refractivity contribution in [3.8, 4) is 5.75 Å². The maximum atomic E-state index is 12.6. The van der Waals surface area contributed by atoms with Gasteiger partial charge in [0.1, 0.15) is 9.96 Å². The lowest BCUT2D eigenvalue weighted by Crippen LogP contribution is -2.51. The summed E-state index contributed by atoms with van der Waals surface area (Å²) in [5.74, 6) is 0.478. The van der Waals surface area contributed by atoms with Gasteiger partial charge in [0.25, 0.3) is 10.0 Å². The number of para-hydroxylation sites is 1. The fourth-order valence-electron chi connectivity index (χ4n) is 2.44. The fourth-order valence-corrected chi connectivity index (χ4v) is 5.30. The summed E-state index contributed by atoms with van der Waals surface area (Å²) < 4.78 is 32.2. The topological polar surface area (TPSA) is 66.9 Å². The quantitative estimate of drug-likeness (QED) is 0.837. The molecular formula is C16H18N2O4S2. The number of amides is 1. The molecule has 1 fully saturated rings. The first-order valence-corrected chi connectivity index (χ1v) is 9.81. The van der Waals surface area contributed by atoms with Gasteiger partial charge in [-0.2, -0.15) is 4.31 Å². The molecule has 8 heteroatoms. The lowest BCUT2D eigenvalue weighted by molar-refractivity contribution is 0.132. The molecule has 1 saturated heterocycles. The largest absolute Gasteiger partial charge is 0.415 e. The number of thiophene rings is 1. The van der Waals surface area contributed by atoms with Gasteiger partial charge in [0.2, 0.25) is 0 Å². The van der Waals surface area contributed by atoms with Crippen molar-refractivity contribution in [2.75, 3.05) is 26.2 Å². The average molecular weight is 366 g/mol. The zero-order chi connectivity index (χ0) is 17.2. The van der Waals surface area contributed by atoms with Gasteiger partial charge >= 0.3 is 6.09 Å². The number of ether oxygens (including phenoxy) is 1. The van der Waals surface area contributed by atoms with Crippen LogP contribution < -0.4 is 4.74 Å². The van der Waals surface area contributed by atoms with E-state index < -0.39 is 16.1 Å². The molecular weight excluding hydrogens is 348 g/mol. The fraction of sp³-hybridized carbons (Fsp3) is 0.312. The molecule has 128 valence electrons. The van der Waals surface area contributed by atoms with E-state index in [-0.39, 0.29) is 13.1 Å². The van der Waals surface area contributed by atoms with Gasteiger partial charge in [-0.15, -0.1) is 11.3 Å². The number of hydrogen-bond acceptors (Lipinski definition) is 5. The van der Waals surface area contributed by atoms with E-state index in [1.165, 1.54) is 20.5 Å². The summed E-state index contributed by atoms with van der Waals surface area (Å²) in [7, 11) is -3.48. The Morgan fingerprint density at radius 1 is 1.04 bits per heavy atom. The molecule has 6 nitrogen and oxygen atoms in total. The average Bonchev–Trinajstić information content (AvgIpc) is 3.03. The molecule has 1 aromatic carbocycles. The summed E-state index contributed by atoms with van der Waals surface area (Å²) in [6, 6.07) is 12.3. The van der Waals surface area contributed by atoms with E-state index in [2.05, 4.69) is 0 Å². The Kier molecular flexibility index (Phi) is 4.88. The SMILES string of the molecule is Cc1ccc(S(=O)(=O)N2CCN(C(=O)Oc3ccccc3)CC2)s1. The van der Waals surface area contributed by atoms with Gasteiger partial charge < -0.3 is 9.64 Å². The molecule has 0 N–H and O–H groups in total. The molecule has 1 aromatic heterocycles. The number of benzene rings is 1. The minimum Gasteiger partial charge on any atom is -0.410 e. The summed E-state index contributed by atoms with van der Waals surface area (Å²) in [4.78, 5) is 14.6. The van der Waals surface area contributed by atoms with E-state index >= 15 is 0 Å². The molecule has 1 aliphatic rings. The summed E-state index contributed by atoms with van der Waals surface area (Å²) in [6.07, 6.45) is -0.454. The van der Waals surface area contributed by atoms with Crippen molar-refractivity contribution in [3.05, 3.63) is 47.3 Å². The monoisotopic (exact) mass is 366 g/mol. The predicted molar refractivity (Wildman–Crippen MR) is 91.9 cm³/mol. The first kappa shape index (κ1) is 16.9. The number of nitrogens with zero attached hydrogens (tertiary/aromatic N) is 2.